The summed E-state index contributed by atoms with van der Waals surface area (Å²) in [5.74, 6) is 1.22. The van der Waals surface area contributed by atoms with E-state index >= 15 is 0 Å². The summed E-state index contributed by atoms with van der Waals surface area (Å²) in [6.45, 7) is 3.98. The minimum atomic E-state index is -0.397. The fraction of sp³-hybridized carbons (Fsp3) is 0.267. The number of nitrogens with one attached hydrogen (secondary N) is 1. The second kappa shape index (κ2) is 6.87. The zero-order valence-corrected chi connectivity index (χ0v) is 13.2. The molecule has 0 bridgehead atoms. The SMILES string of the molecule is CC(C)Oc1ccccc1OCc1[nH]c(=O)c(Cl)cc1Cl. The molecule has 0 atom stereocenters. The van der Waals surface area contributed by atoms with Gasteiger partial charge in [0.05, 0.1) is 16.8 Å². The molecule has 21 heavy (non-hydrogen) atoms. The Labute approximate surface area is 132 Å². The van der Waals surface area contributed by atoms with E-state index in [0.29, 0.717) is 22.2 Å². The van der Waals surface area contributed by atoms with Crippen molar-refractivity contribution in [3.8, 4) is 11.5 Å². The Balaban J connectivity index is 2.17. The lowest BCUT2D eigenvalue weighted by atomic mass is 10.3. The quantitative estimate of drug-likeness (QED) is 0.901. The second-order valence-corrected chi connectivity index (χ2v) is 5.49. The third-order valence-corrected chi connectivity index (χ3v) is 3.22. The van der Waals surface area contributed by atoms with Gasteiger partial charge in [0.15, 0.2) is 11.5 Å². The van der Waals surface area contributed by atoms with Gasteiger partial charge in [-0.05, 0) is 32.0 Å². The molecule has 0 saturated carbocycles. The van der Waals surface area contributed by atoms with E-state index in [0.717, 1.165) is 0 Å². The van der Waals surface area contributed by atoms with Crippen molar-refractivity contribution in [2.24, 2.45) is 0 Å². The summed E-state index contributed by atoms with van der Waals surface area (Å²) in [5.41, 5.74) is 0.0665. The van der Waals surface area contributed by atoms with Gasteiger partial charge in [-0.3, -0.25) is 4.79 Å². The maximum atomic E-state index is 11.5. The van der Waals surface area contributed by atoms with Gasteiger partial charge in [0, 0.05) is 0 Å². The normalized spacial score (nSPS) is 10.7. The standard InChI is InChI=1S/C15H15Cl2NO3/c1-9(2)21-14-6-4-3-5-13(14)20-8-12-10(16)7-11(17)15(19)18-12/h3-7,9H,8H2,1-2H3,(H,18,19). The maximum absolute atomic E-state index is 11.5. The molecule has 0 aliphatic heterocycles. The van der Waals surface area contributed by atoms with E-state index in [1.165, 1.54) is 6.07 Å². The summed E-state index contributed by atoms with van der Waals surface area (Å²) >= 11 is 11.7. The smallest absolute Gasteiger partial charge is 0.267 e. The molecular weight excluding hydrogens is 313 g/mol. The first-order valence-corrected chi connectivity index (χ1v) is 7.18. The molecule has 1 aromatic carbocycles. The van der Waals surface area contributed by atoms with Crippen molar-refractivity contribution >= 4 is 23.2 Å². The van der Waals surface area contributed by atoms with Crippen molar-refractivity contribution in [2.45, 2.75) is 26.6 Å². The van der Waals surface area contributed by atoms with Crippen molar-refractivity contribution < 1.29 is 9.47 Å². The highest BCUT2D eigenvalue weighted by molar-refractivity contribution is 6.34. The van der Waals surface area contributed by atoms with Crippen LogP contribution in [0.25, 0.3) is 0 Å². The largest absolute Gasteiger partial charge is 0.487 e. The highest BCUT2D eigenvalue weighted by Crippen LogP contribution is 2.28. The number of H-pyrrole nitrogens is 1. The van der Waals surface area contributed by atoms with E-state index in [1.807, 2.05) is 32.0 Å². The van der Waals surface area contributed by atoms with Crippen LogP contribution in [0.15, 0.2) is 35.1 Å². The molecule has 2 rings (SSSR count). The van der Waals surface area contributed by atoms with Gasteiger partial charge in [-0.15, -0.1) is 0 Å². The van der Waals surface area contributed by atoms with E-state index in [9.17, 15) is 4.79 Å². The lowest BCUT2D eigenvalue weighted by molar-refractivity contribution is 0.217. The van der Waals surface area contributed by atoms with Crippen LogP contribution in [0.5, 0.6) is 11.5 Å². The first kappa shape index (κ1) is 15.7. The number of pyridine rings is 1. The molecule has 0 unspecified atom stereocenters. The summed E-state index contributed by atoms with van der Waals surface area (Å²) in [6.07, 6.45) is 0.0358. The summed E-state index contributed by atoms with van der Waals surface area (Å²) in [5, 5.41) is 0.397. The number of hydrogen-bond acceptors (Lipinski definition) is 3. The average molecular weight is 328 g/mol. The molecule has 4 nitrogen and oxygen atoms in total. The third kappa shape index (κ3) is 4.16. The molecule has 1 N–H and O–H groups in total. The van der Waals surface area contributed by atoms with Gasteiger partial charge in [-0.2, -0.15) is 0 Å². The molecule has 0 spiro atoms. The highest BCUT2D eigenvalue weighted by Gasteiger charge is 2.09. The Bertz CT molecular complexity index is 683. The molecular formula is C15H15Cl2NO3. The maximum Gasteiger partial charge on any atom is 0.267 e. The lowest BCUT2D eigenvalue weighted by Crippen LogP contribution is -2.12. The zero-order valence-electron chi connectivity index (χ0n) is 11.7. The Morgan fingerprint density at radius 3 is 2.48 bits per heavy atom. The van der Waals surface area contributed by atoms with E-state index in [-0.39, 0.29) is 17.7 Å². The van der Waals surface area contributed by atoms with Gasteiger partial charge < -0.3 is 14.5 Å². The number of para-hydroxylation sites is 2. The van der Waals surface area contributed by atoms with E-state index in [4.69, 9.17) is 32.7 Å². The van der Waals surface area contributed by atoms with Crippen LogP contribution in [0.2, 0.25) is 10.0 Å². The van der Waals surface area contributed by atoms with Gasteiger partial charge in [0.2, 0.25) is 0 Å². The van der Waals surface area contributed by atoms with Gasteiger partial charge in [-0.25, -0.2) is 0 Å². The minimum Gasteiger partial charge on any atom is -0.487 e. The molecule has 0 aliphatic carbocycles. The Morgan fingerprint density at radius 1 is 1.14 bits per heavy atom. The van der Waals surface area contributed by atoms with Crippen molar-refractivity contribution in [3.05, 3.63) is 56.4 Å². The van der Waals surface area contributed by atoms with E-state index in [2.05, 4.69) is 4.98 Å². The number of hydrogen-bond donors (Lipinski definition) is 1. The number of rotatable bonds is 5. The molecule has 2 aromatic rings. The number of aromatic amines is 1. The zero-order chi connectivity index (χ0) is 15.4. The number of ether oxygens (including phenoxy) is 2. The van der Waals surface area contributed by atoms with Crippen molar-refractivity contribution in [2.75, 3.05) is 0 Å². The molecule has 0 amide bonds. The van der Waals surface area contributed by atoms with Crippen molar-refractivity contribution in [1.29, 1.82) is 0 Å². The summed E-state index contributed by atoms with van der Waals surface area (Å²) in [4.78, 5) is 14.1. The van der Waals surface area contributed by atoms with Gasteiger partial charge in [-0.1, -0.05) is 35.3 Å². The molecule has 0 saturated heterocycles. The monoisotopic (exact) mass is 327 g/mol. The highest BCUT2D eigenvalue weighted by atomic mass is 35.5. The van der Waals surface area contributed by atoms with Crippen LogP contribution in [-0.2, 0) is 6.61 Å². The first-order chi connectivity index (χ1) is 9.97. The molecule has 0 aliphatic rings. The molecule has 112 valence electrons. The Morgan fingerprint density at radius 2 is 1.81 bits per heavy atom. The van der Waals surface area contributed by atoms with Crippen LogP contribution in [0.4, 0.5) is 0 Å². The Hall–Kier alpha value is -1.65. The first-order valence-electron chi connectivity index (χ1n) is 6.43. The van der Waals surface area contributed by atoms with Crippen molar-refractivity contribution in [3.63, 3.8) is 0 Å². The molecule has 0 fully saturated rings. The van der Waals surface area contributed by atoms with E-state index < -0.39 is 5.56 Å². The van der Waals surface area contributed by atoms with Crippen LogP contribution in [0, 0.1) is 0 Å². The van der Waals surface area contributed by atoms with Crippen LogP contribution >= 0.6 is 23.2 Å². The number of benzene rings is 1. The average Bonchev–Trinajstić information content (AvgIpc) is 2.42. The minimum absolute atomic E-state index is 0.0358. The summed E-state index contributed by atoms with van der Waals surface area (Å²) < 4.78 is 11.3. The third-order valence-electron chi connectivity index (χ3n) is 2.61. The Kier molecular flexibility index (Phi) is 5.15. The second-order valence-electron chi connectivity index (χ2n) is 4.67. The van der Waals surface area contributed by atoms with Crippen molar-refractivity contribution in [1.82, 2.24) is 4.98 Å². The summed E-state index contributed by atoms with van der Waals surface area (Å²) in [6, 6.07) is 8.72. The number of aromatic nitrogens is 1. The topological polar surface area (TPSA) is 51.3 Å². The lowest BCUT2D eigenvalue weighted by Gasteiger charge is -2.15. The van der Waals surface area contributed by atoms with Gasteiger partial charge >= 0.3 is 0 Å². The van der Waals surface area contributed by atoms with Gasteiger partial charge in [0.1, 0.15) is 11.6 Å². The molecule has 0 radical (unpaired) electrons. The van der Waals surface area contributed by atoms with Crippen LogP contribution in [0.1, 0.15) is 19.5 Å². The van der Waals surface area contributed by atoms with Crippen LogP contribution < -0.4 is 15.0 Å². The predicted octanol–water partition coefficient (Wildman–Crippen LogP) is 4.05. The van der Waals surface area contributed by atoms with Crippen LogP contribution in [0.3, 0.4) is 0 Å². The van der Waals surface area contributed by atoms with Gasteiger partial charge in [0.25, 0.3) is 5.56 Å². The number of halogens is 2. The fourth-order valence-corrected chi connectivity index (χ4v) is 2.12. The molecule has 1 heterocycles. The fourth-order valence-electron chi connectivity index (χ4n) is 1.70. The molecule has 6 heteroatoms. The summed E-state index contributed by atoms with van der Waals surface area (Å²) in [7, 11) is 0. The van der Waals surface area contributed by atoms with E-state index in [1.54, 1.807) is 6.07 Å². The molecule has 1 aromatic heterocycles. The van der Waals surface area contributed by atoms with Crippen LogP contribution in [-0.4, -0.2) is 11.1 Å². The predicted molar refractivity (Wildman–Crippen MR) is 83.6 cm³/mol.